The Hall–Kier alpha value is -0.200. The van der Waals surface area contributed by atoms with E-state index in [2.05, 4.69) is 18.4 Å². The Morgan fingerprint density at radius 3 is 1.60 bits per heavy atom. The molecule has 0 spiro atoms. The molecule has 0 aromatic heterocycles. The molecule has 0 N–H and O–H groups in total. The van der Waals surface area contributed by atoms with Crippen LogP contribution in [-0.2, 0) is 0 Å². The van der Waals surface area contributed by atoms with Crippen LogP contribution >= 0.6 is 0 Å². The van der Waals surface area contributed by atoms with Crippen molar-refractivity contribution in [2.75, 3.05) is 13.1 Å². The summed E-state index contributed by atoms with van der Waals surface area (Å²) in [6.07, 6.45) is 2.80. The average molecular weight is 238 g/mol. The van der Waals surface area contributed by atoms with E-state index < -0.39 is 10.2 Å². The summed E-state index contributed by atoms with van der Waals surface area (Å²) < 4.78 is 36.6. The number of hydrogen-bond donors (Lipinski definition) is 0. The summed E-state index contributed by atoms with van der Waals surface area (Å²) in [5, 5.41) is 0. The summed E-state index contributed by atoms with van der Waals surface area (Å²) in [5.74, 6) is 1.77. The highest BCUT2D eigenvalue weighted by Crippen LogP contribution is 2.25. The molecule has 0 fully saturated rings. The van der Waals surface area contributed by atoms with Gasteiger partial charge in [0, 0.05) is 24.7 Å². The van der Waals surface area contributed by atoms with Gasteiger partial charge < -0.3 is 0 Å². The van der Waals surface area contributed by atoms with E-state index in [1.54, 1.807) is 5.71 Å². The minimum absolute atomic E-state index is 0.887. The molecule has 0 saturated heterocycles. The molecule has 5 nitrogen and oxygen atoms in total. The van der Waals surface area contributed by atoms with E-state index >= 15 is 0 Å². The molecule has 88 valence electrons. The molecule has 2 aliphatic rings. The summed E-state index contributed by atoms with van der Waals surface area (Å²) in [6.45, 7) is 7.41. The average Bonchev–Trinajstić information content (AvgIpc) is 2.55. The van der Waals surface area contributed by atoms with Crippen molar-refractivity contribution >= 4 is 5.71 Å². The SMILES string of the molecule is CC1CC[N+]2=C1C(C)CC2.[O-][Cl+3]([O-])([O-])[O-]. The molecule has 2 atom stereocenters. The van der Waals surface area contributed by atoms with Crippen molar-refractivity contribution < 1.29 is 33.5 Å². The molecule has 2 heterocycles. The van der Waals surface area contributed by atoms with Crippen molar-refractivity contribution in [1.82, 2.24) is 0 Å². The maximum atomic E-state index is 8.49. The van der Waals surface area contributed by atoms with Gasteiger partial charge in [-0.1, -0.05) is 13.8 Å². The molecule has 0 aliphatic carbocycles. The van der Waals surface area contributed by atoms with Gasteiger partial charge >= 0.3 is 0 Å². The van der Waals surface area contributed by atoms with Crippen molar-refractivity contribution in [3.05, 3.63) is 0 Å². The number of halogens is 1. The summed E-state index contributed by atoms with van der Waals surface area (Å²) >= 11 is 0. The molecule has 0 aromatic carbocycles. The van der Waals surface area contributed by atoms with Gasteiger partial charge in [0.1, 0.15) is 13.1 Å². The van der Waals surface area contributed by atoms with Gasteiger partial charge in [0.15, 0.2) is 5.71 Å². The lowest BCUT2D eigenvalue weighted by Gasteiger charge is -2.17. The monoisotopic (exact) mass is 237 g/mol. The first kappa shape index (κ1) is 12.9. The van der Waals surface area contributed by atoms with Gasteiger partial charge in [-0.3, -0.25) is 0 Å². The first-order chi connectivity index (χ1) is 6.79. The Labute approximate surface area is 91.4 Å². The van der Waals surface area contributed by atoms with Crippen LogP contribution in [0.5, 0.6) is 0 Å². The highest BCUT2D eigenvalue weighted by atomic mass is 35.7. The van der Waals surface area contributed by atoms with Crippen molar-refractivity contribution in [2.24, 2.45) is 11.8 Å². The Balaban J connectivity index is 0.000000195. The number of nitrogens with zero attached hydrogens (tertiary/aromatic N) is 1. The maximum absolute atomic E-state index is 8.49. The van der Waals surface area contributed by atoms with E-state index in [0.29, 0.717) is 0 Å². The second kappa shape index (κ2) is 4.76. The standard InChI is InChI=1S/C9H16N.ClHO4/c1-7-3-5-10-6-4-8(2)9(7)10;2-1(3,4)5/h7-8H,3-6H2,1-2H3;(H,2,3,4,5)/q+1;/p-1. The van der Waals surface area contributed by atoms with Gasteiger partial charge in [0.2, 0.25) is 0 Å². The minimum atomic E-state index is -4.94. The van der Waals surface area contributed by atoms with Crippen molar-refractivity contribution in [3.63, 3.8) is 0 Å². The molecule has 2 aliphatic heterocycles. The molecule has 2 unspecified atom stereocenters. The molecule has 2 rings (SSSR count). The predicted molar refractivity (Wildman–Crippen MR) is 42.6 cm³/mol. The maximum Gasteiger partial charge on any atom is 0.158 e. The summed E-state index contributed by atoms with van der Waals surface area (Å²) in [6, 6.07) is 0. The Morgan fingerprint density at radius 2 is 1.33 bits per heavy atom. The van der Waals surface area contributed by atoms with Gasteiger partial charge in [-0.2, -0.15) is 0 Å². The molecule has 0 amide bonds. The van der Waals surface area contributed by atoms with Crippen LogP contribution < -0.4 is 18.6 Å². The van der Waals surface area contributed by atoms with Crippen LogP contribution in [-0.4, -0.2) is 23.4 Å². The number of rotatable bonds is 0. The summed E-state index contributed by atoms with van der Waals surface area (Å²) in [5.41, 5.74) is 1.75. The summed E-state index contributed by atoms with van der Waals surface area (Å²) in [7, 11) is -4.94. The van der Waals surface area contributed by atoms with Crippen molar-refractivity contribution in [1.29, 1.82) is 0 Å². The Kier molecular flexibility index (Phi) is 4.08. The Bertz CT molecular complexity index is 237. The molecule has 0 radical (unpaired) electrons. The molecular weight excluding hydrogens is 222 g/mol. The minimum Gasteiger partial charge on any atom is -0.236 e. The number of hydrogen-bond acceptors (Lipinski definition) is 4. The first-order valence-electron chi connectivity index (χ1n) is 5.02. The smallest absolute Gasteiger partial charge is 0.158 e. The third kappa shape index (κ3) is 4.04. The van der Waals surface area contributed by atoms with Gasteiger partial charge in [0.05, 0.1) is 0 Å². The van der Waals surface area contributed by atoms with E-state index in [4.69, 9.17) is 18.6 Å². The first-order valence-corrected chi connectivity index (χ1v) is 6.26. The van der Waals surface area contributed by atoms with E-state index in [0.717, 1.165) is 11.8 Å². The van der Waals surface area contributed by atoms with Crippen LogP contribution in [0, 0.1) is 22.1 Å². The molecule has 6 heteroatoms. The second-order valence-corrected chi connectivity index (χ2v) is 4.93. The van der Waals surface area contributed by atoms with E-state index in [9.17, 15) is 0 Å². The van der Waals surface area contributed by atoms with Gasteiger partial charge in [-0.15, -0.1) is 10.2 Å². The zero-order valence-corrected chi connectivity index (χ0v) is 9.70. The van der Waals surface area contributed by atoms with Crippen molar-refractivity contribution in [2.45, 2.75) is 26.7 Å². The fourth-order valence-corrected chi connectivity index (χ4v) is 2.47. The van der Waals surface area contributed by atoms with Gasteiger partial charge in [-0.25, -0.2) is 23.2 Å². The van der Waals surface area contributed by atoms with Crippen LogP contribution in [0.4, 0.5) is 0 Å². The van der Waals surface area contributed by atoms with Crippen LogP contribution in [0.15, 0.2) is 0 Å². The van der Waals surface area contributed by atoms with Crippen LogP contribution in [0.25, 0.3) is 0 Å². The lowest BCUT2D eigenvalue weighted by Crippen LogP contribution is -2.68. The second-order valence-electron chi connectivity index (χ2n) is 4.17. The molecule has 0 aromatic rings. The zero-order valence-electron chi connectivity index (χ0n) is 8.94. The van der Waals surface area contributed by atoms with Crippen LogP contribution in [0.2, 0.25) is 0 Å². The van der Waals surface area contributed by atoms with E-state index in [1.807, 2.05) is 0 Å². The lowest BCUT2D eigenvalue weighted by atomic mass is 9.94. The quantitative estimate of drug-likeness (QED) is 0.414. The van der Waals surface area contributed by atoms with Crippen LogP contribution in [0.1, 0.15) is 26.7 Å². The highest BCUT2D eigenvalue weighted by Gasteiger charge is 2.38. The molecule has 0 saturated carbocycles. The normalized spacial score (nSPS) is 30.0. The zero-order chi connectivity index (χ0) is 11.6. The topological polar surface area (TPSA) is 95.2 Å². The fourth-order valence-electron chi connectivity index (χ4n) is 2.47. The fraction of sp³-hybridized carbons (Fsp3) is 0.889. The van der Waals surface area contributed by atoms with Gasteiger partial charge in [-0.05, 0) is 0 Å². The Morgan fingerprint density at radius 1 is 1.00 bits per heavy atom. The van der Waals surface area contributed by atoms with E-state index in [1.165, 1.54) is 25.9 Å². The largest absolute Gasteiger partial charge is 0.236 e. The molecule has 0 bridgehead atoms. The third-order valence-corrected chi connectivity index (χ3v) is 3.04. The van der Waals surface area contributed by atoms with Gasteiger partial charge in [0.25, 0.3) is 0 Å². The molecular formula is C9H16ClNO4. The summed E-state index contributed by atoms with van der Waals surface area (Å²) in [4.78, 5) is 0. The molecule has 15 heavy (non-hydrogen) atoms. The lowest BCUT2D eigenvalue weighted by molar-refractivity contribution is -2.00. The van der Waals surface area contributed by atoms with E-state index in [-0.39, 0.29) is 0 Å². The van der Waals surface area contributed by atoms with Crippen LogP contribution in [0.3, 0.4) is 0 Å². The predicted octanol–water partition coefficient (Wildman–Crippen LogP) is -3.24. The highest BCUT2D eigenvalue weighted by molar-refractivity contribution is 5.85. The van der Waals surface area contributed by atoms with Crippen molar-refractivity contribution in [3.8, 4) is 0 Å². The third-order valence-electron chi connectivity index (χ3n) is 3.04.